The summed E-state index contributed by atoms with van der Waals surface area (Å²) in [6, 6.07) is 1.92. The van der Waals surface area contributed by atoms with Gasteiger partial charge >= 0.3 is 0 Å². The maximum absolute atomic E-state index is 3.84. The maximum atomic E-state index is 3.84. The predicted octanol–water partition coefficient (Wildman–Crippen LogP) is 2.51. The van der Waals surface area contributed by atoms with E-state index in [4.69, 9.17) is 0 Å². The fraction of sp³-hybridized carbons (Fsp3) is 0.333. The van der Waals surface area contributed by atoms with E-state index in [1.807, 2.05) is 19.2 Å². The Hall–Kier alpha value is -0.130. The van der Waals surface area contributed by atoms with Crippen LogP contribution in [0, 0.1) is 6.92 Å². The molecular weight excluding hydrogens is 214 g/mol. The van der Waals surface area contributed by atoms with Crippen LogP contribution >= 0.6 is 34.2 Å². The Bertz CT molecular complexity index is 207. The Morgan fingerprint density at radius 1 is 1.58 bits per heavy atom. The largest absolute Gasteiger partial charge is 0.283 e. The van der Waals surface area contributed by atoms with Gasteiger partial charge in [-0.2, -0.15) is 5.10 Å². The van der Waals surface area contributed by atoms with E-state index >= 15 is 0 Å². The molecule has 1 aromatic heterocycles. The van der Waals surface area contributed by atoms with Gasteiger partial charge in [-0.1, -0.05) is 10.8 Å². The lowest BCUT2D eigenvalue weighted by molar-refractivity contribution is 1.05. The van der Waals surface area contributed by atoms with Crippen molar-refractivity contribution in [1.29, 1.82) is 0 Å². The number of hydrogen-bond donors (Lipinski definition) is 1. The minimum atomic E-state index is 0. The average molecular weight is 224 g/mol. The van der Waals surface area contributed by atoms with E-state index in [2.05, 4.69) is 14.6 Å². The molecule has 12 heavy (non-hydrogen) atoms. The highest BCUT2D eigenvalue weighted by Crippen LogP contribution is 2.25. The molecule has 0 spiro atoms. The molecule has 0 saturated heterocycles. The van der Waals surface area contributed by atoms with Crippen LogP contribution in [-0.4, -0.2) is 22.2 Å². The van der Waals surface area contributed by atoms with Crippen molar-refractivity contribution in [2.75, 3.05) is 5.75 Å². The van der Waals surface area contributed by atoms with Crippen molar-refractivity contribution in [3.8, 4) is 0 Å². The van der Waals surface area contributed by atoms with E-state index in [1.54, 1.807) is 28.0 Å². The molecular formula is C6H10ClN3S2. The number of nitrogens with one attached hydrogen (secondary N) is 1. The van der Waals surface area contributed by atoms with E-state index < -0.39 is 0 Å². The van der Waals surface area contributed by atoms with Crippen LogP contribution in [-0.2, 0) is 0 Å². The Kier molecular flexibility index (Phi) is 7.43. The lowest BCUT2D eigenvalue weighted by Gasteiger charge is -1.68. The van der Waals surface area contributed by atoms with Crippen molar-refractivity contribution >= 4 is 40.4 Å². The molecule has 1 N–H and O–H groups in total. The van der Waals surface area contributed by atoms with Crippen LogP contribution in [0.1, 0.15) is 5.69 Å². The molecule has 6 heteroatoms. The zero-order valence-electron chi connectivity index (χ0n) is 6.56. The first-order valence-electron chi connectivity index (χ1n) is 3.16. The number of aromatic nitrogens is 2. The first-order chi connectivity index (χ1) is 5.39. The third-order valence-electron chi connectivity index (χ3n) is 0.953. The third-order valence-corrected chi connectivity index (χ3v) is 2.56. The summed E-state index contributed by atoms with van der Waals surface area (Å²) in [4.78, 5) is 0. The lowest BCUT2D eigenvalue weighted by Crippen LogP contribution is -1.65. The van der Waals surface area contributed by atoms with Crippen LogP contribution in [0.4, 0.5) is 0 Å². The Labute approximate surface area is 85.8 Å². The van der Waals surface area contributed by atoms with E-state index in [9.17, 15) is 0 Å². The zero-order valence-corrected chi connectivity index (χ0v) is 9.01. The van der Waals surface area contributed by atoms with E-state index in [0.29, 0.717) is 0 Å². The second-order valence-electron chi connectivity index (χ2n) is 1.89. The molecule has 2 rings (SSSR count). The normalized spacial score (nSPS) is 13.1. The maximum Gasteiger partial charge on any atom is 0.0489 e. The van der Waals surface area contributed by atoms with E-state index in [-0.39, 0.29) is 12.4 Å². The fourth-order valence-corrected chi connectivity index (χ4v) is 1.69. The molecule has 0 unspecified atom stereocenters. The average Bonchev–Trinajstić information content (AvgIpc) is 2.57. The summed E-state index contributed by atoms with van der Waals surface area (Å²) in [6.45, 7) is 1.97. The Morgan fingerprint density at radius 3 is 2.58 bits per heavy atom. The second kappa shape index (κ2) is 7.52. The second-order valence-corrected chi connectivity index (χ2v) is 3.97. The van der Waals surface area contributed by atoms with E-state index in [1.165, 1.54) is 0 Å². The summed E-state index contributed by atoms with van der Waals surface area (Å²) < 4.78 is 3.84. The molecule has 0 bridgehead atoms. The molecule has 1 aromatic rings. The Morgan fingerprint density at radius 2 is 2.42 bits per heavy atom. The third kappa shape index (κ3) is 5.51. The van der Waals surface area contributed by atoms with Crippen molar-refractivity contribution in [3.63, 3.8) is 0 Å². The molecule has 0 radical (unpaired) electrons. The number of nitrogens with zero attached hydrogens (tertiary/aromatic N) is 2. The number of halogens is 1. The number of hydrogen-bond acceptors (Lipinski definition) is 4. The lowest BCUT2D eigenvalue weighted by atomic mass is 10.5. The van der Waals surface area contributed by atoms with Gasteiger partial charge in [0.1, 0.15) is 0 Å². The molecule has 0 aliphatic carbocycles. The van der Waals surface area contributed by atoms with Crippen molar-refractivity contribution in [2.24, 2.45) is 4.40 Å². The first-order valence-corrected chi connectivity index (χ1v) is 5.43. The highest BCUT2D eigenvalue weighted by molar-refractivity contribution is 8.76. The summed E-state index contributed by atoms with van der Waals surface area (Å²) in [5, 5.41) is 6.45. The van der Waals surface area contributed by atoms with Crippen molar-refractivity contribution < 1.29 is 0 Å². The number of H-pyrrole nitrogens is 1. The van der Waals surface area contributed by atoms with Crippen LogP contribution in [0.5, 0.6) is 0 Å². The molecule has 0 fully saturated rings. The monoisotopic (exact) mass is 223 g/mol. The molecule has 68 valence electrons. The fourth-order valence-electron chi connectivity index (χ4n) is 0.478. The highest BCUT2D eigenvalue weighted by Gasteiger charge is 1.87. The van der Waals surface area contributed by atoms with Crippen LogP contribution < -0.4 is 0 Å². The number of aryl methyl sites for hydroxylation is 1. The minimum absolute atomic E-state index is 0. The summed E-state index contributed by atoms with van der Waals surface area (Å²) in [7, 11) is 3.33. The highest BCUT2D eigenvalue weighted by atomic mass is 35.5. The van der Waals surface area contributed by atoms with Gasteiger partial charge in [0.25, 0.3) is 0 Å². The summed E-state index contributed by atoms with van der Waals surface area (Å²) >= 11 is 0. The zero-order chi connectivity index (χ0) is 7.94. The van der Waals surface area contributed by atoms with Gasteiger partial charge in [0.05, 0.1) is 0 Å². The quantitative estimate of drug-likeness (QED) is 0.543. The van der Waals surface area contributed by atoms with Gasteiger partial charge in [-0.3, -0.25) is 5.10 Å². The summed E-state index contributed by atoms with van der Waals surface area (Å²) in [6.07, 6.45) is 3.64. The van der Waals surface area contributed by atoms with Gasteiger partial charge in [-0.15, -0.1) is 12.4 Å². The molecule has 0 atom stereocenters. The van der Waals surface area contributed by atoms with Gasteiger partial charge in [0.2, 0.25) is 0 Å². The summed E-state index contributed by atoms with van der Waals surface area (Å²) in [5.41, 5.74) is 1.11. The van der Waals surface area contributed by atoms with Crippen molar-refractivity contribution in [3.05, 3.63) is 18.0 Å². The van der Waals surface area contributed by atoms with E-state index in [0.717, 1.165) is 11.4 Å². The first kappa shape index (κ1) is 11.9. The van der Waals surface area contributed by atoms with Gasteiger partial charge in [-0.25, -0.2) is 4.40 Å². The molecule has 3 nitrogen and oxygen atoms in total. The predicted molar refractivity (Wildman–Crippen MR) is 59.1 cm³/mol. The van der Waals surface area contributed by atoms with Gasteiger partial charge in [0.15, 0.2) is 0 Å². The molecule has 0 aromatic carbocycles. The smallest absolute Gasteiger partial charge is 0.0489 e. The van der Waals surface area contributed by atoms with Gasteiger partial charge in [0, 0.05) is 34.8 Å². The standard InChI is InChI=1S/C4H6N2.C2H3NS2.ClH/c1-4-2-3-5-6-4;1-2-4-5-3-1;/h2-3H,1H3,(H,5,6);1H,2H2;1H. The number of rotatable bonds is 0. The van der Waals surface area contributed by atoms with Crippen LogP contribution in [0.15, 0.2) is 16.7 Å². The van der Waals surface area contributed by atoms with Crippen molar-refractivity contribution in [2.45, 2.75) is 6.92 Å². The van der Waals surface area contributed by atoms with Gasteiger partial charge in [-0.05, 0) is 13.0 Å². The summed E-state index contributed by atoms with van der Waals surface area (Å²) in [5.74, 6) is 1.09. The minimum Gasteiger partial charge on any atom is -0.283 e. The van der Waals surface area contributed by atoms with Crippen LogP contribution in [0.2, 0.25) is 0 Å². The molecule has 1 aliphatic rings. The topological polar surface area (TPSA) is 41.0 Å². The molecule has 0 saturated carbocycles. The van der Waals surface area contributed by atoms with Crippen molar-refractivity contribution in [1.82, 2.24) is 10.2 Å². The molecule has 0 amide bonds. The number of aromatic amines is 1. The molecule has 2 heterocycles. The SMILES string of the molecule is C1=NSSC1.Cc1ccn[nH]1.Cl. The van der Waals surface area contributed by atoms with Crippen LogP contribution in [0.25, 0.3) is 0 Å². The van der Waals surface area contributed by atoms with Gasteiger partial charge < -0.3 is 0 Å². The molecule has 1 aliphatic heterocycles. The van der Waals surface area contributed by atoms with Crippen LogP contribution in [0.3, 0.4) is 0 Å². The Balaban J connectivity index is 0.000000189.